The van der Waals surface area contributed by atoms with Gasteiger partial charge in [0.25, 0.3) is 0 Å². The monoisotopic (exact) mass is 426 g/mol. The number of carbonyl (C=O) groups is 3. The van der Waals surface area contributed by atoms with Crippen molar-refractivity contribution in [2.24, 2.45) is 28.1 Å². The zero-order chi connectivity index (χ0) is 22.2. The summed E-state index contributed by atoms with van der Waals surface area (Å²) in [5, 5.41) is 0. The summed E-state index contributed by atoms with van der Waals surface area (Å²) in [5.41, 5.74) is -3.65. The van der Waals surface area contributed by atoms with Crippen molar-refractivity contribution in [1.29, 1.82) is 0 Å². The van der Waals surface area contributed by atoms with Crippen molar-refractivity contribution in [3.8, 4) is 0 Å². The van der Waals surface area contributed by atoms with Crippen LogP contribution >= 0.6 is 0 Å². The molecule has 5 fully saturated rings. The molecule has 2 spiro atoms. The molecule has 6 nitrogen and oxygen atoms in total. The third-order valence-electron chi connectivity index (χ3n) is 9.87. The van der Waals surface area contributed by atoms with Crippen LogP contribution in [0.1, 0.15) is 60.3 Å². The molecule has 3 saturated heterocycles. The molecule has 2 saturated carbocycles. The van der Waals surface area contributed by atoms with Crippen molar-refractivity contribution in [1.82, 2.24) is 0 Å². The van der Waals surface area contributed by atoms with E-state index in [1.54, 1.807) is 6.08 Å². The molecule has 0 aromatic heterocycles. The number of ketones is 1. The number of hydrogen-bond acceptors (Lipinski definition) is 6. The maximum atomic E-state index is 14.0. The lowest BCUT2D eigenvalue weighted by Crippen LogP contribution is -2.69. The molecule has 3 aliphatic carbocycles. The van der Waals surface area contributed by atoms with Gasteiger partial charge in [-0.3, -0.25) is 4.79 Å². The normalized spacial score (nSPS) is 53.6. The molecule has 0 amide bonds. The summed E-state index contributed by atoms with van der Waals surface area (Å²) in [6, 6.07) is 0. The van der Waals surface area contributed by atoms with E-state index in [-0.39, 0.29) is 41.6 Å². The van der Waals surface area contributed by atoms with E-state index in [9.17, 15) is 14.4 Å². The van der Waals surface area contributed by atoms with Crippen LogP contribution in [-0.4, -0.2) is 41.1 Å². The zero-order valence-electron chi connectivity index (χ0n) is 18.9. The van der Waals surface area contributed by atoms with Gasteiger partial charge in [-0.25, -0.2) is 9.59 Å². The summed E-state index contributed by atoms with van der Waals surface area (Å²) in [6.45, 7) is 10.2. The lowest BCUT2D eigenvalue weighted by atomic mass is 9.47. The first-order chi connectivity index (χ1) is 14.3. The van der Waals surface area contributed by atoms with Crippen molar-refractivity contribution in [3.05, 3.63) is 23.8 Å². The summed E-state index contributed by atoms with van der Waals surface area (Å²) < 4.78 is 18.4. The molecule has 5 aliphatic heterocycles. The van der Waals surface area contributed by atoms with Gasteiger partial charge in [-0.1, -0.05) is 19.1 Å². The Hall–Kier alpha value is -1.95. The average Bonchev–Trinajstić information content (AvgIpc) is 2.80. The van der Waals surface area contributed by atoms with Crippen molar-refractivity contribution >= 4 is 17.7 Å². The van der Waals surface area contributed by atoms with E-state index in [1.165, 1.54) is 0 Å². The number of allylic oxidation sites excluding steroid dienone is 2. The van der Waals surface area contributed by atoms with E-state index in [2.05, 4.69) is 6.92 Å². The molecule has 31 heavy (non-hydrogen) atoms. The molecule has 0 aromatic rings. The van der Waals surface area contributed by atoms with Crippen LogP contribution in [0.25, 0.3) is 0 Å². The van der Waals surface area contributed by atoms with Crippen molar-refractivity contribution in [2.75, 3.05) is 6.61 Å². The van der Waals surface area contributed by atoms with Gasteiger partial charge in [-0.15, -0.1) is 0 Å². The second kappa shape index (κ2) is 5.16. The molecule has 0 aromatic carbocycles. The maximum Gasteiger partial charge on any atom is 0.336 e. The zero-order valence-corrected chi connectivity index (χ0v) is 18.9. The van der Waals surface area contributed by atoms with Crippen LogP contribution in [0.5, 0.6) is 0 Å². The van der Waals surface area contributed by atoms with Crippen molar-refractivity contribution < 1.29 is 28.6 Å². The molecule has 166 valence electrons. The summed E-state index contributed by atoms with van der Waals surface area (Å²) in [4.78, 5) is 39.1. The van der Waals surface area contributed by atoms with Gasteiger partial charge < -0.3 is 14.2 Å². The van der Waals surface area contributed by atoms with Gasteiger partial charge in [0.2, 0.25) is 0 Å². The topological polar surface area (TPSA) is 78.9 Å². The summed E-state index contributed by atoms with van der Waals surface area (Å²) in [5.74, 6) is -0.390. The summed E-state index contributed by atoms with van der Waals surface area (Å²) in [6.07, 6.45) is 8.19. The Bertz CT molecular complexity index is 1020. The van der Waals surface area contributed by atoms with Crippen molar-refractivity contribution in [2.45, 2.75) is 77.1 Å². The van der Waals surface area contributed by atoms with Crippen LogP contribution in [0, 0.1) is 28.1 Å². The molecule has 4 bridgehead atoms. The SMILES string of the molecule is CC1(C)OC(=O)C=C[C@]2(C)[C@@H]3C[C@@]4(C)C(=O)[C@]5(C)C=C6C(=O)OC[C@@]64O[C@@]3(CC[C@@H]12)C5. The highest BCUT2D eigenvalue weighted by molar-refractivity contribution is 6.04. The highest BCUT2D eigenvalue weighted by atomic mass is 16.6. The van der Waals surface area contributed by atoms with Gasteiger partial charge in [0.05, 0.1) is 16.6 Å². The van der Waals surface area contributed by atoms with Gasteiger partial charge in [-0.2, -0.15) is 0 Å². The summed E-state index contributed by atoms with van der Waals surface area (Å²) in [7, 11) is 0. The molecule has 5 heterocycles. The van der Waals surface area contributed by atoms with Crippen LogP contribution < -0.4 is 0 Å². The molecule has 8 aliphatic rings. The Labute approximate surface area is 182 Å². The minimum absolute atomic E-state index is 0.0219. The van der Waals surface area contributed by atoms with E-state index in [1.807, 2.05) is 39.8 Å². The van der Waals surface area contributed by atoms with Gasteiger partial charge >= 0.3 is 11.9 Å². The van der Waals surface area contributed by atoms with Crippen molar-refractivity contribution in [3.63, 3.8) is 0 Å². The minimum Gasteiger partial charge on any atom is -0.459 e. The average molecular weight is 427 g/mol. The van der Waals surface area contributed by atoms with E-state index < -0.39 is 27.6 Å². The number of esters is 2. The summed E-state index contributed by atoms with van der Waals surface area (Å²) >= 11 is 0. The quantitative estimate of drug-likeness (QED) is 0.553. The number of ether oxygens (including phenoxy) is 3. The molecule has 0 N–H and O–H groups in total. The molecule has 8 rings (SSSR count). The van der Waals surface area contributed by atoms with E-state index in [0.717, 1.165) is 12.8 Å². The molecule has 6 heteroatoms. The molecule has 7 atom stereocenters. The van der Waals surface area contributed by atoms with Crippen LogP contribution in [0.3, 0.4) is 0 Å². The highest BCUT2D eigenvalue weighted by Gasteiger charge is 2.79. The first-order valence-corrected chi connectivity index (χ1v) is 11.4. The fourth-order valence-corrected chi connectivity index (χ4v) is 8.68. The lowest BCUT2D eigenvalue weighted by molar-refractivity contribution is -0.283. The number of rotatable bonds is 0. The van der Waals surface area contributed by atoms with Crippen LogP contribution in [0.4, 0.5) is 0 Å². The predicted molar refractivity (Wildman–Crippen MR) is 110 cm³/mol. The van der Waals surface area contributed by atoms with Crippen LogP contribution in [0.15, 0.2) is 23.8 Å². The van der Waals surface area contributed by atoms with Crippen LogP contribution in [0.2, 0.25) is 0 Å². The van der Waals surface area contributed by atoms with Gasteiger partial charge in [0, 0.05) is 17.4 Å². The first kappa shape index (κ1) is 19.7. The Morgan fingerprint density at radius 1 is 1.03 bits per heavy atom. The third kappa shape index (κ3) is 1.98. The number of carbonyl (C=O) groups excluding carboxylic acids is 3. The Balaban J connectivity index is 1.58. The van der Waals surface area contributed by atoms with Gasteiger partial charge in [0.1, 0.15) is 17.8 Å². The largest absolute Gasteiger partial charge is 0.459 e. The van der Waals surface area contributed by atoms with Gasteiger partial charge in [0.15, 0.2) is 5.78 Å². The number of fused-ring (bicyclic) bond motifs is 1. The standard InChI is InChI=1S/C25H30O6/c1-20(2)15-6-9-24-12-21(3)10-14-18(27)29-13-25(14,31-24)23(5,19(21)28)11-16(24)22(15,4)8-7-17(26)30-20/h7-8,10,15-16H,6,9,11-13H2,1-5H3/t15-,16-,21+,22-,23-,24-,25+/m0/s1. The molecular weight excluding hydrogens is 396 g/mol. The number of cyclic esters (lactones) is 2. The molecule has 0 unspecified atom stereocenters. The fourth-order valence-electron chi connectivity index (χ4n) is 8.68. The minimum atomic E-state index is -1.01. The molecule has 0 radical (unpaired) electrons. The van der Waals surface area contributed by atoms with Gasteiger partial charge in [-0.05, 0) is 64.7 Å². The van der Waals surface area contributed by atoms with E-state index in [0.29, 0.717) is 18.4 Å². The Kier molecular flexibility index (Phi) is 3.28. The second-order valence-electron chi connectivity index (χ2n) is 12.0. The smallest absolute Gasteiger partial charge is 0.336 e. The number of Topliss-reactive ketones (excluding diaryl/α,β-unsaturated/α-hetero) is 1. The van der Waals surface area contributed by atoms with E-state index in [4.69, 9.17) is 14.2 Å². The highest BCUT2D eigenvalue weighted by Crippen LogP contribution is 2.73. The van der Waals surface area contributed by atoms with Crippen LogP contribution in [-0.2, 0) is 28.6 Å². The Morgan fingerprint density at radius 3 is 2.52 bits per heavy atom. The van der Waals surface area contributed by atoms with E-state index >= 15 is 0 Å². The second-order valence-corrected chi connectivity index (χ2v) is 12.0. The predicted octanol–water partition coefficient (Wildman–Crippen LogP) is 3.29. The fraction of sp³-hybridized carbons (Fsp3) is 0.720. The molecular formula is C25H30O6. The maximum absolute atomic E-state index is 14.0. The first-order valence-electron chi connectivity index (χ1n) is 11.4. The Morgan fingerprint density at radius 2 is 1.77 bits per heavy atom. The lowest BCUT2D eigenvalue weighted by Gasteiger charge is -2.64. The third-order valence-corrected chi connectivity index (χ3v) is 9.87. The number of hydrogen-bond donors (Lipinski definition) is 0.